The highest BCUT2D eigenvalue weighted by Gasteiger charge is 2.24. The Hall–Kier alpha value is -2.70. The Morgan fingerprint density at radius 3 is 1.40 bits per heavy atom. The van der Waals surface area contributed by atoms with Gasteiger partial charge in [-0.3, -0.25) is 9.59 Å². The van der Waals surface area contributed by atoms with Crippen LogP contribution in [-0.2, 0) is 14.3 Å². The molecule has 0 aromatic rings. The van der Waals surface area contributed by atoms with Crippen LogP contribution in [-0.4, -0.2) is 46.9 Å². The summed E-state index contributed by atoms with van der Waals surface area (Å²) in [4.78, 5) is 26.1. The second kappa shape index (κ2) is 50.3. The number of carbonyl (C=O) groups is 2. The first-order valence-electron chi connectivity index (χ1n) is 26.7. The molecule has 6 heteroatoms. The van der Waals surface area contributed by atoms with Gasteiger partial charge in [0.1, 0.15) is 6.10 Å². The van der Waals surface area contributed by atoms with E-state index >= 15 is 0 Å². The van der Waals surface area contributed by atoms with E-state index in [1.54, 1.807) is 0 Å². The number of aliphatic hydroxyl groups excluding tert-OH is 2. The van der Waals surface area contributed by atoms with E-state index in [0.29, 0.717) is 19.3 Å². The van der Waals surface area contributed by atoms with E-state index in [2.05, 4.69) is 99.0 Å². The molecule has 1 amide bonds. The van der Waals surface area contributed by atoms with Crippen molar-refractivity contribution in [3.63, 3.8) is 0 Å². The van der Waals surface area contributed by atoms with E-state index < -0.39 is 18.2 Å². The molecule has 0 aliphatic carbocycles. The van der Waals surface area contributed by atoms with Crippen LogP contribution >= 0.6 is 0 Å². The Kier molecular flexibility index (Phi) is 48.1. The molecule has 0 heterocycles. The molecule has 6 nitrogen and oxygen atoms in total. The minimum atomic E-state index is -0.806. The summed E-state index contributed by atoms with van der Waals surface area (Å²) in [6.45, 7) is 6.32. The lowest BCUT2D eigenvalue weighted by Crippen LogP contribution is -2.46. The van der Waals surface area contributed by atoms with E-state index in [1.165, 1.54) is 116 Å². The average molecular weight is 880 g/mol. The third-order valence-electron chi connectivity index (χ3n) is 11.8. The van der Waals surface area contributed by atoms with Crippen molar-refractivity contribution < 1.29 is 24.5 Å². The summed E-state index contributed by atoms with van der Waals surface area (Å²) in [5.74, 6) is -0.541. The summed E-state index contributed by atoms with van der Waals surface area (Å²) in [5, 5.41) is 23.8. The molecule has 0 saturated heterocycles. The van der Waals surface area contributed by atoms with Crippen LogP contribution in [0, 0.1) is 0 Å². The maximum absolute atomic E-state index is 13.2. The Morgan fingerprint density at radius 1 is 0.476 bits per heavy atom. The fraction of sp³-hybridized carbons (Fsp3) is 0.754. The molecular formula is C57H101NO5. The molecule has 3 N–H and O–H groups in total. The molecule has 63 heavy (non-hydrogen) atoms. The van der Waals surface area contributed by atoms with Crippen molar-refractivity contribution in [2.75, 3.05) is 6.61 Å². The number of hydrogen-bond donors (Lipinski definition) is 3. The van der Waals surface area contributed by atoms with Gasteiger partial charge in [-0.25, -0.2) is 0 Å². The SMILES string of the molecule is CC/C=C\C/C=C\C/C=C\C/C=C\C/C=C\CCCC(CC(=O)NC(CO)C(O)CCCCCCCCCCCCCCCCCC)OC(=O)CCCCCCC/C=C\CCCC. The van der Waals surface area contributed by atoms with Crippen LogP contribution in [0.2, 0.25) is 0 Å². The average Bonchev–Trinajstić information content (AvgIpc) is 3.28. The van der Waals surface area contributed by atoms with Crippen LogP contribution in [0.5, 0.6) is 0 Å². The van der Waals surface area contributed by atoms with Crippen molar-refractivity contribution in [1.82, 2.24) is 5.32 Å². The van der Waals surface area contributed by atoms with Gasteiger partial charge < -0.3 is 20.3 Å². The zero-order valence-electron chi connectivity index (χ0n) is 41.4. The van der Waals surface area contributed by atoms with E-state index in [-0.39, 0.29) is 24.9 Å². The largest absolute Gasteiger partial charge is 0.462 e. The molecule has 0 aliphatic rings. The van der Waals surface area contributed by atoms with Gasteiger partial charge in [-0.15, -0.1) is 0 Å². The van der Waals surface area contributed by atoms with Crippen LogP contribution in [0.25, 0.3) is 0 Å². The lowest BCUT2D eigenvalue weighted by atomic mass is 10.0. The highest BCUT2D eigenvalue weighted by molar-refractivity contribution is 5.77. The van der Waals surface area contributed by atoms with Crippen LogP contribution in [0.3, 0.4) is 0 Å². The van der Waals surface area contributed by atoms with E-state index in [1.807, 2.05) is 0 Å². The Morgan fingerprint density at radius 2 is 0.889 bits per heavy atom. The maximum atomic E-state index is 13.2. The monoisotopic (exact) mass is 880 g/mol. The van der Waals surface area contributed by atoms with E-state index in [9.17, 15) is 19.8 Å². The molecule has 0 fully saturated rings. The number of unbranched alkanes of at least 4 members (excludes halogenated alkanes) is 23. The fourth-order valence-electron chi connectivity index (χ4n) is 7.74. The quantitative estimate of drug-likeness (QED) is 0.0321. The van der Waals surface area contributed by atoms with Gasteiger partial charge >= 0.3 is 5.97 Å². The molecular weight excluding hydrogens is 779 g/mol. The maximum Gasteiger partial charge on any atom is 0.306 e. The minimum absolute atomic E-state index is 0.0332. The van der Waals surface area contributed by atoms with Crippen LogP contribution in [0.1, 0.15) is 252 Å². The molecule has 3 unspecified atom stereocenters. The van der Waals surface area contributed by atoms with Crippen molar-refractivity contribution in [3.05, 3.63) is 72.9 Å². The lowest BCUT2D eigenvalue weighted by Gasteiger charge is -2.24. The van der Waals surface area contributed by atoms with E-state index in [0.717, 1.165) is 89.9 Å². The first-order chi connectivity index (χ1) is 31.0. The number of allylic oxidation sites excluding steroid dienone is 12. The summed E-state index contributed by atoms with van der Waals surface area (Å²) < 4.78 is 5.90. The van der Waals surface area contributed by atoms with Crippen LogP contribution in [0.15, 0.2) is 72.9 Å². The van der Waals surface area contributed by atoms with Crippen LogP contribution < -0.4 is 5.32 Å². The summed E-state index contributed by atoms with van der Waals surface area (Å²) in [5.41, 5.74) is 0. The third-order valence-corrected chi connectivity index (χ3v) is 11.8. The van der Waals surface area contributed by atoms with Gasteiger partial charge in [0.05, 0.1) is 25.2 Å². The highest BCUT2D eigenvalue weighted by Crippen LogP contribution is 2.17. The number of nitrogens with one attached hydrogen (secondary N) is 1. The van der Waals surface area contributed by atoms with Gasteiger partial charge in [-0.2, -0.15) is 0 Å². The van der Waals surface area contributed by atoms with Crippen molar-refractivity contribution in [2.45, 2.75) is 270 Å². The molecule has 0 spiro atoms. The van der Waals surface area contributed by atoms with Gasteiger partial charge in [0, 0.05) is 6.42 Å². The zero-order chi connectivity index (χ0) is 45.9. The summed E-state index contributed by atoms with van der Waals surface area (Å²) in [6.07, 6.45) is 63.9. The van der Waals surface area contributed by atoms with Gasteiger partial charge in [-0.1, -0.05) is 229 Å². The van der Waals surface area contributed by atoms with Gasteiger partial charge in [0.25, 0.3) is 0 Å². The number of esters is 1. The van der Waals surface area contributed by atoms with Crippen molar-refractivity contribution in [1.29, 1.82) is 0 Å². The normalized spacial score (nSPS) is 13.8. The zero-order valence-corrected chi connectivity index (χ0v) is 41.4. The number of carbonyl (C=O) groups excluding carboxylic acids is 2. The number of aliphatic hydroxyl groups is 2. The molecule has 364 valence electrons. The molecule has 3 atom stereocenters. The second-order valence-corrected chi connectivity index (χ2v) is 17.9. The first kappa shape index (κ1) is 60.3. The van der Waals surface area contributed by atoms with Crippen molar-refractivity contribution >= 4 is 11.9 Å². The lowest BCUT2D eigenvalue weighted by molar-refractivity contribution is -0.151. The van der Waals surface area contributed by atoms with Gasteiger partial charge in [-0.05, 0) is 83.5 Å². The topological polar surface area (TPSA) is 95.9 Å². The second-order valence-electron chi connectivity index (χ2n) is 17.9. The fourth-order valence-corrected chi connectivity index (χ4v) is 7.74. The summed E-state index contributed by atoms with van der Waals surface area (Å²) in [6, 6.07) is -0.724. The van der Waals surface area contributed by atoms with Crippen LogP contribution in [0.4, 0.5) is 0 Å². The third kappa shape index (κ3) is 45.7. The summed E-state index contributed by atoms with van der Waals surface area (Å²) >= 11 is 0. The Balaban J connectivity index is 4.65. The summed E-state index contributed by atoms with van der Waals surface area (Å²) in [7, 11) is 0. The smallest absolute Gasteiger partial charge is 0.306 e. The molecule has 0 rings (SSSR count). The minimum Gasteiger partial charge on any atom is -0.462 e. The molecule has 0 bridgehead atoms. The van der Waals surface area contributed by atoms with Gasteiger partial charge in [0.2, 0.25) is 5.91 Å². The number of rotatable bonds is 47. The molecule has 0 aromatic heterocycles. The Bertz CT molecular complexity index is 1170. The first-order valence-corrected chi connectivity index (χ1v) is 26.7. The predicted molar refractivity (Wildman–Crippen MR) is 273 cm³/mol. The van der Waals surface area contributed by atoms with Crippen molar-refractivity contribution in [3.8, 4) is 0 Å². The predicted octanol–water partition coefficient (Wildman–Crippen LogP) is 16.2. The van der Waals surface area contributed by atoms with E-state index in [4.69, 9.17) is 4.74 Å². The number of amides is 1. The molecule has 0 radical (unpaired) electrons. The Labute approximate surface area is 390 Å². The molecule has 0 saturated carbocycles. The highest BCUT2D eigenvalue weighted by atomic mass is 16.5. The number of hydrogen-bond acceptors (Lipinski definition) is 5. The standard InChI is InChI=1S/C57H101NO5/c1-4-7-10-13-16-19-22-24-26-28-29-31-34-36-39-42-45-48-53(63-57(62)50-47-44-41-38-33-21-18-15-12-9-6-3)51-56(61)58-54(52-59)55(60)49-46-43-40-37-35-32-30-27-25-23-20-17-14-11-8-5-2/h7,10,15-16,18-19,24,26,29,31,36,39,53-55,59-60H,4-6,8-9,11-14,17,20-23,25,27-28,30,32-35,37-38,40-52H2,1-3H3,(H,58,61)/b10-7-,18-15-,19-16-,26-24-,31-29-,39-36-. The molecule has 0 aromatic carbocycles. The number of ether oxygens (including phenoxy) is 1. The van der Waals surface area contributed by atoms with Crippen molar-refractivity contribution in [2.24, 2.45) is 0 Å². The van der Waals surface area contributed by atoms with Gasteiger partial charge in [0.15, 0.2) is 0 Å². The molecule has 0 aliphatic heterocycles.